The van der Waals surface area contributed by atoms with E-state index in [1.165, 1.54) is 12.8 Å². The SMILES string of the molecule is CCCC(=O)Nc1cccc(NC(=O)N2CCCC(C(=O)NCC3CC3)C2)c1. The van der Waals surface area contributed by atoms with E-state index in [-0.39, 0.29) is 23.8 Å². The molecule has 1 saturated carbocycles. The van der Waals surface area contributed by atoms with Crippen LogP contribution in [0.5, 0.6) is 0 Å². The summed E-state index contributed by atoms with van der Waals surface area (Å²) in [5, 5.41) is 8.73. The van der Waals surface area contributed by atoms with Gasteiger partial charge in [0.25, 0.3) is 0 Å². The number of nitrogens with zero attached hydrogens (tertiary/aromatic N) is 1. The highest BCUT2D eigenvalue weighted by Crippen LogP contribution is 2.28. The molecule has 152 valence electrons. The Morgan fingerprint density at radius 2 is 1.86 bits per heavy atom. The van der Waals surface area contributed by atoms with Gasteiger partial charge in [-0.3, -0.25) is 9.59 Å². The van der Waals surface area contributed by atoms with Crippen LogP contribution in [-0.2, 0) is 9.59 Å². The number of nitrogens with one attached hydrogen (secondary N) is 3. The lowest BCUT2D eigenvalue weighted by atomic mass is 9.97. The second kappa shape index (κ2) is 9.57. The van der Waals surface area contributed by atoms with Crippen LogP contribution >= 0.6 is 0 Å². The van der Waals surface area contributed by atoms with Gasteiger partial charge in [-0.2, -0.15) is 0 Å². The van der Waals surface area contributed by atoms with Gasteiger partial charge in [0.1, 0.15) is 0 Å². The van der Waals surface area contributed by atoms with Gasteiger partial charge < -0.3 is 20.9 Å². The van der Waals surface area contributed by atoms with Crippen molar-refractivity contribution in [3.05, 3.63) is 24.3 Å². The van der Waals surface area contributed by atoms with Gasteiger partial charge in [0.15, 0.2) is 0 Å². The summed E-state index contributed by atoms with van der Waals surface area (Å²) < 4.78 is 0. The Hall–Kier alpha value is -2.57. The van der Waals surface area contributed by atoms with Crippen molar-refractivity contribution in [2.75, 3.05) is 30.3 Å². The Morgan fingerprint density at radius 1 is 1.11 bits per heavy atom. The number of hydrogen-bond acceptors (Lipinski definition) is 3. The zero-order chi connectivity index (χ0) is 19.9. The molecule has 7 nitrogen and oxygen atoms in total. The normalized spacial score (nSPS) is 19.0. The third-order valence-corrected chi connectivity index (χ3v) is 5.22. The maximum Gasteiger partial charge on any atom is 0.321 e. The number of hydrogen-bond donors (Lipinski definition) is 3. The van der Waals surface area contributed by atoms with Gasteiger partial charge in [-0.05, 0) is 56.2 Å². The molecule has 1 unspecified atom stereocenters. The van der Waals surface area contributed by atoms with Gasteiger partial charge in [0.2, 0.25) is 11.8 Å². The van der Waals surface area contributed by atoms with E-state index in [1.807, 2.05) is 6.92 Å². The molecule has 7 heteroatoms. The maximum atomic E-state index is 12.6. The second-order valence-electron chi connectivity index (χ2n) is 7.78. The summed E-state index contributed by atoms with van der Waals surface area (Å²) in [5.74, 6) is 0.530. The van der Waals surface area contributed by atoms with E-state index in [0.29, 0.717) is 36.8 Å². The van der Waals surface area contributed by atoms with E-state index in [2.05, 4.69) is 16.0 Å². The van der Waals surface area contributed by atoms with Crippen molar-refractivity contribution in [2.45, 2.75) is 45.4 Å². The monoisotopic (exact) mass is 386 g/mol. The van der Waals surface area contributed by atoms with Crippen molar-refractivity contribution < 1.29 is 14.4 Å². The average molecular weight is 386 g/mol. The van der Waals surface area contributed by atoms with Gasteiger partial charge in [-0.25, -0.2) is 4.79 Å². The van der Waals surface area contributed by atoms with Gasteiger partial charge >= 0.3 is 6.03 Å². The molecule has 1 heterocycles. The Morgan fingerprint density at radius 3 is 2.57 bits per heavy atom. The molecule has 1 aliphatic heterocycles. The quantitative estimate of drug-likeness (QED) is 0.672. The van der Waals surface area contributed by atoms with Crippen LogP contribution in [0.1, 0.15) is 45.4 Å². The molecule has 0 spiro atoms. The maximum absolute atomic E-state index is 12.6. The minimum atomic E-state index is -0.211. The van der Waals surface area contributed by atoms with Crippen molar-refractivity contribution in [2.24, 2.45) is 11.8 Å². The number of rotatable bonds is 7. The first-order chi connectivity index (χ1) is 13.5. The second-order valence-corrected chi connectivity index (χ2v) is 7.78. The molecule has 28 heavy (non-hydrogen) atoms. The number of likely N-dealkylation sites (tertiary alicyclic amines) is 1. The van der Waals surface area contributed by atoms with Crippen LogP contribution in [0.4, 0.5) is 16.2 Å². The van der Waals surface area contributed by atoms with Crippen molar-refractivity contribution in [3.8, 4) is 0 Å². The first kappa shape index (κ1) is 20.2. The first-order valence-electron chi connectivity index (χ1n) is 10.3. The van der Waals surface area contributed by atoms with Crippen molar-refractivity contribution in [1.82, 2.24) is 10.2 Å². The lowest BCUT2D eigenvalue weighted by Gasteiger charge is -2.32. The molecular formula is C21H30N4O3. The number of piperidine rings is 1. The van der Waals surface area contributed by atoms with Crippen LogP contribution in [0.25, 0.3) is 0 Å². The molecule has 1 aliphatic carbocycles. The van der Waals surface area contributed by atoms with E-state index in [1.54, 1.807) is 29.2 Å². The Balaban J connectivity index is 1.52. The standard InChI is InChI=1S/C21H30N4O3/c1-2-5-19(26)23-17-7-3-8-18(12-17)24-21(28)25-11-4-6-16(14-25)20(27)22-13-15-9-10-15/h3,7-8,12,15-16H,2,4-6,9-11,13-14H2,1H3,(H,22,27)(H,23,26)(H,24,28). The van der Waals surface area contributed by atoms with E-state index in [9.17, 15) is 14.4 Å². The minimum absolute atomic E-state index is 0.0398. The molecule has 0 bridgehead atoms. The minimum Gasteiger partial charge on any atom is -0.356 e. The fourth-order valence-corrected chi connectivity index (χ4v) is 3.41. The van der Waals surface area contributed by atoms with E-state index in [4.69, 9.17) is 0 Å². The molecule has 3 N–H and O–H groups in total. The molecule has 2 fully saturated rings. The zero-order valence-electron chi connectivity index (χ0n) is 16.5. The fraction of sp³-hybridized carbons (Fsp3) is 0.571. The van der Waals surface area contributed by atoms with Crippen molar-refractivity contribution >= 4 is 29.2 Å². The molecule has 4 amide bonds. The van der Waals surface area contributed by atoms with Crippen molar-refractivity contribution in [1.29, 1.82) is 0 Å². The summed E-state index contributed by atoms with van der Waals surface area (Å²) in [6.07, 6.45) is 5.30. The van der Waals surface area contributed by atoms with Gasteiger partial charge in [0.05, 0.1) is 5.92 Å². The van der Waals surface area contributed by atoms with E-state index < -0.39 is 0 Å². The zero-order valence-corrected chi connectivity index (χ0v) is 16.5. The Kier molecular flexibility index (Phi) is 6.90. The van der Waals surface area contributed by atoms with Crippen LogP contribution in [-0.4, -0.2) is 42.4 Å². The fourth-order valence-electron chi connectivity index (χ4n) is 3.41. The van der Waals surface area contributed by atoms with E-state index >= 15 is 0 Å². The summed E-state index contributed by atoms with van der Waals surface area (Å²) in [5.41, 5.74) is 1.28. The number of carbonyl (C=O) groups excluding carboxylic acids is 3. The predicted molar refractivity (Wildman–Crippen MR) is 109 cm³/mol. The van der Waals surface area contributed by atoms with Gasteiger partial charge in [-0.1, -0.05) is 13.0 Å². The van der Waals surface area contributed by atoms with Crippen LogP contribution in [0, 0.1) is 11.8 Å². The van der Waals surface area contributed by atoms with E-state index in [0.717, 1.165) is 25.8 Å². The molecule has 0 radical (unpaired) electrons. The third-order valence-electron chi connectivity index (χ3n) is 5.22. The number of amides is 4. The van der Waals surface area contributed by atoms with Crippen LogP contribution in [0.15, 0.2) is 24.3 Å². The number of anilines is 2. The molecule has 1 aromatic carbocycles. The van der Waals surface area contributed by atoms with Crippen LogP contribution in [0.3, 0.4) is 0 Å². The first-order valence-corrected chi connectivity index (χ1v) is 10.3. The smallest absolute Gasteiger partial charge is 0.321 e. The predicted octanol–water partition coefficient (Wildman–Crippen LogP) is 3.20. The highest BCUT2D eigenvalue weighted by molar-refractivity contribution is 5.93. The molecule has 1 atom stereocenters. The molecule has 1 saturated heterocycles. The highest BCUT2D eigenvalue weighted by atomic mass is 16.2. The summed E-state index contributed by atoms with van der Waals surface area (Å²) in [6, 6.07) is 6.91. The van der Waals surface area contributed by atoms with Crippen LogP contribution < -0.4 is 16.0 Å². The topological polar surface area (TPSA) is 90.5 Å². The lowest BCUT2D eigenvalue weighted by Crippen LogP contribution is -2.47. The molecule has 1 aromatic rings. The van der Waals surface area contributed by atoms with Crippen LogP contribution in [0.2, 0.25) is 0 Å². The molecule has 3 rings (SSSR count). The highest BCUT2D eigenvalue weighted by Gasteiger charge is 2.30. The summed E-state index contributed by atoms with van der Waals surface area (Å²) in [7, 11) is 0. The van der Waals surface area contributed by atoms with Gasteiger partial charge in [0, 0.05) is 37.4 Å². The van der Waals surface area contributed by atoms with Crippen molar-refractivity contribution in [3.63, 3.8) is 0 Å². The van der Waals surface area contributed by atoms with Gasteiger partial charge in [-0.15, -0.1) is 0 Å². The Labute approximate surface area is 166 Å². The lowest BCUT2D eigenvalue weighted by molar-refractivity contribution is -0.126. The summed E-state index contributed by atoms with van der Waals surface area (Å²) >= 11 is 0. The largest absolute Gasteiger partial charge is 0.356 e. The number of urea groups is 1. The average Bonchev–Trinajstić information content (AvgIpc) is 3.51. The number of benzene rings is 1. The third kappa shape index (κ3) is 5.97. The molecule has 0 aromatic heterocycles. The summed E-state index contributed by atoms with van der Waals surface area (Å²) in [4.78, 5) is 38.4. The summed E-state index contributed by atoms with van der Waals surface area (Å²) in [6.45, 7) is 3.80. The molecular weight excluding hydrogens is 356 g/mol. The molecule has 2 aliphatic rings. The number of carbonyl (C=O) groups is 3. The Bertz CT molecular complexity index is 717.